The van der Waals surface area contributed by atoms with Crippen molar-refractivity contribution in [3.8, 4) is 38.0 Å². The topological polar surface area (TPSA) is 52.0 Å². The van der Waals surface area contributed by atoms with E-state index in [0.29, 0.717) is 22.3 Å². The molecule has 0 bridgehead atoms. The first kappa shape index (κ1) is 24.4. The SMILES string of the molecule is O=C1c2ccccc2C(=O)c2cc(-c3ccc(-c4ccc(-c5nc6ccccc6n5-c5ccccc5)cc4)s3)ccc21. The van der Waals surface area contributed by atoms with Crippen molar-refractivity contribution in [1.29, 1.82) is 0 Å². The summed E-state index contributed by atoms with van der Waals surface area (Å²) in [6.07, 6.45) is 0. The molecular formula is C37H22N2O2S. The van der Waals surface area contributed by atoms with Gasteiger partial charge in [0.25, 0.3) is 0 Å². The van der Waals surface area contributed by atoms with E-state index in [9.17, 15) is 9.59 Å². The number of hydrogen-bond donors (Lipinski definition) is 0. The molecule has 0 aliphatic heterocycles. The summed E-state index contributed by atoms with van der Waals surface area (Å²) in [5.74, 6) is 0.700. The van der Waals surface area contributed by atoms with Crippen LogP contribution < -0.4 is 0 Å². The Morgan fingerprint density at radius 1 is 0.500 bits per heavy atom. The zero-order valence-corrected chi connectivity index (χ0v) is 23.1. The molecule has 0 N–H and O–H groups in total. The Hall–Kier alpha value is -5.39. The minimum Gasteiger partial charge on any atom is -0.292 e. The number of benzene rings is 5. The minimum atomic E-state index is -0.101. The first-order valence-electron chi connectivity index (χ1n) is 13.7. The number of hydrogen-bond acceptors (Lipinski definition) is 4. The van der Waals surface area contributed by atoms with Gasteiger partial charge >= 0.3 is 0 Å². The zero-order valence-electron chi connectivity index (χ0n) is 22.3. The third-order valence-corrected chi connectivity index (χ3v) is 9.00. The molecule has 0 saturated carbocycles. The molecule has 5 aromatic carbocycles. The van der Waals surface area contributed by atoms with E-state index in [1.807, 2.05) is 48.5 Å². The molecule has 42 heavy (non-hydrogen) atoms. The molecule has 0 amide bonds. The van der Waals surface area contributed by atoms with Crippen LogP contribution in [0, 0.1) is 0 Å². The summed E-state index contributed by atoms with van der Waals surface area (Å²) in [5, 5.41) is 0. The van der Waals surface area contributed by atoms with Crippen LogP contribution in [0.25, 0.3) is 49.0 Å². The third-order valence-electron chi connectivity index (χ3n) is 7.82. The number of aromatic nitrogens is 2. The number of para-hydroxylation sites is 3. The fraction of sp³-hybridized carbons (Fsp3) is 0. The molecule has 2 aromatic heterocycles. The molecular weight excluding hydrogens is 536 g/mol. The summed E-state index contributed by atoms with van der Waals surface area (Å²) in [7, 11) is 0. The summed E-state index contributed by atoms with van der Waals surface area (Å²) in [4.78, 5) is 33.4. The highest BCUT2D eigenvalue weighted by Crippen LogP contribution is 2.38. The summed E-state index contributed by atoms with van der Waals surface area (Å²) < 4.78 is 2.20. The van der Waals surface area contributed by atoms with Gasteiger partial charge in [-0.25, -0.2) is 4.98 Å². The van der Waals surface area contributed by atoms with E-state index in [4.69, 9.17) is 4.98 Å². The largest absolute Gasteiger partial charge is 0.292 e. The number of ketones is 2. The molecule has 0 fully saturated rings. The van der Waals surface area contributed by atoms with Crippen molar-refractivity contribution in [2.75, 3.05) is 0 Å². The minimum absolute atomic E-state index is 0.0977. The Bertz CT molecular complexity index is 2170. The number of thiophene rings is 1. The summed E-state index contributed by atoms with van der Waals surface area (Å²) in [6, 6.07) is 43.8. The lowest BCUT2D eigenvalue weighted by molar-refractivity contribution is 0.0979. The van der Waals surface area contributed by atoms with Crippen LogP contribution in [-0.2, 0) is 0 Å². The monoisotopic (exact) mass is 558 g/mol. The van der Waals surface area contributed by atoms with E-state index in [1.54, 1.807) is 41.7 Å². The molecule has 0 spiro atoms. The highest BCUT2D eigenvalue weighted by molar-refractivity contribution is 7.18. The maximum Gasteiger partial charge on any atom is 0.194 e. The van der Waals surface area contributed by atoms with E-state index in [-0.39, 0.29) is 11.6 Å². The lowest BCUT2D eigenvalue weighted by Crippen LogP contribution is -2.20. The van der Waals surface area contributed by atoms with Gasteiger partial charge in [0, 0.05) is 43.3 Å². The molecule has 5 heteroatoms. The molecule has 198 valence electrons. The number of imidazole rings is 1. The van der Waals surface area contributed by atoms with Crippen LogP contribution in [-0.4, -0.2) is 21.1 Å². The van der Waals surface area contributed by atoms with Crippen LogP contribution in [0.3, 0.4) is 0 Å². The predicted molar refractivity (Wildman–Crippen MR) is 169 cm³/mol. The highest BCUT2D eigenvalue weighted by Gasteiger charge is 2.29. The molecule has 0 saturated heterocycles. The normalized spacial score (nSPS) is 12.4. The van der Waals surface area contributed by atoms with Gasteiger partial charge in [0.2, 0.25) is 0 Å². The highest BCUT2D eigenvalue weighted by atomic mass is 32.1. The van der Waals surface area contributed by atoms with Crippen molar-refractivity contribution in [2.45, 2.75) is 0 Å². The Morgan fingerprint density at radius 3 is 1.83 bits per heavy atom. The quantitative estimate of drug-likeness (QED) is 0.217. The molecule has 0 unspecified atom stereocenters. The first-order valence-corrected chi connectivity index (χ1v) is 14.5. The van der Waals surface area contributed by atoms with Gasteiger partial charge in [-0.2, -0.15) is 0 Å². The smallest absolute Gasteiger partial charge is 0.194 e. The van der Waals surface area contributed by atoms with Crippen molar-refractivity contribution in [3.05, 3.63) is 156 Å². The van der Waals surface area contributed by atoms with Crippen LogP contribution in [0.15, 0.2) is 133 Å². The average Bonchev–Trinajstić information content (AvgIpc) is 3.70. The molecule has 1 aliphatic rings. The Balaban J connectivity index is 1.13. The Morgan fingerprint density at radius 2 is 1.07 bits per heavy atom. The standard InChI is InChI=1S/C37H22N2O2S/c40-35-27-10-4-5-11-28(27)36(41)30-22-25(18-19-29(30)35)34-21-20-33(42-34)23-14-16-24(17-15-23)37-38-31-12-6-7-13-32(31)39(37)26-8-2-1-3-9-26/h1-22H. The van der Waals surface area contributed by atoms with Crippen LogP contribution in [0.5, 0.6) is 0 Å². The molecule has 0 radical (unpaired) electrons. The molecule has 7 aromatic rings. The Kier molecular flexibility index (Phi) is 5.59. The number of nitrogens with zero attached hydrogens (tertiary/aromatic N) is 2. The average molecular weight is 559 g/mol. The maximum atomic E-state index is 13.2. The second kappa shape index (κ2) is 9.61. The number of rotatable bonds is 4. The number of carbonyl (C=O) groups is 2. The third kappa shape index (κ3) is 3.86. The van der Waals surface area contributed by atoms with Gasteiger partial charge in [-0.05, 0) is 59.7 Å². The van der Waals surface area contributed by atoms with Crippen molar-refractivity contribution in [1.82, 2.24) is 9.55 Å². The van der Waals surface area contributed by atoms with Crippen LogP contribution in [0.1, 0.15) is 31.8 Å². The van der Waals surface area contributed by atoms with Gasteiger partial charge in [-0.1, -0.05) is 84.9 Å². The summed E-state index contributed by atoms with van der Waals surface area (Å²) in [6.45, 7) is 0. The van der Waals surface area contributed by atoms with Crippen LogP contribution in [0.4, 0.5) is 0 Å². The maximum absolute atomic E-state index is 13.2. The van der Waals surface area contributed by atoms with Gasteiger partial charge in [-0.3, -0.25) is 14.2 Å². The molecule has 4 nitrogen and oxygen atoms in total. The second-order valence-electron chi connectivity index (χ2n) is 10.3. The van der Waals surface area contributed by atoms with Gasteiger partial charge in [-0.15, -0.1) is 11.3 Å². The van der Waals surface area contributed by atoms with Crippen molar-refractivity contribution in [2.24, 2.45) is 0 Å². The van der Waals surface area contributed by atoms with E-state index in [2.05, 4.69) is 59.2 Å². The summed E-state index contributed by atoms with van der Waals surface area (Å²) in [5.41, 5.74) is 8.05. The molecule has 1 aliphatic carbocycles. The van der Waals surface area contributed by atoms with Crippen molar-refractivity contribution < 1.29 is 9.59 Å². The predicted octanol–water partition coefficient (Wildman–Crippen LogP) is 8.86. The first-order chi connectivity index (χ1) is 20.7. The van der Waals surface area contributed by atoms with E-state index in [1.165, 1.54) is 0 Å². The zero-order chi connectivity index (χ0) is 28.2. The van der Waals surface area contributed by atoms with Crippen LogP contribution >= 0.6 is 11.3 Å². The van der Waals surface area contributed by atoms with E-state index < -0.39 is 0 Å². The molecule has 8 rings (SSSR count). The summed E-state index contributed by atoms with van der Waals surface area (Å²) >= 11 is 1.67. The van der Waals surface area contributed by atoms with Crippen molar-refractivity contribution in [3.63, 3.8) is 0 Å². The number of fused-ring (bicyclic) bond motifs is 3. The lowest BCUT2D eigenvalue weighted by atomic mass is 9.83. The van der Waals surface area contributed by atoms with Gasteiger partial charge < -0.3 is 0 Å². The van der Waals surface area contributed by atoms with Gasteiger partial charge in [0.1, 0.15) is 5.82 Å². The van der Waals surface area contributed by atoms with Crippen LogP contribution in [0.2, 0.25) is 0 Å². The van der Waals surface area contributed by atoms with Gasteiger partial charge in [0.05, 0.1) is 11.0 Å². The molecule has 2 heterocycles. The second-order valence-corrected chi connectivity index (χ2v) is 11.4. The lowest BCUT2D eigenvalue weighted by Gasteiger charge is -2.17. The van der Waals surface area contributed by atoms with Crippen molar-refractivity contribution >= 4 is 33.9 Å². The Labute approximate surface area is 246 Å². The fourth-order valence-electron chi connectivity index (χ4n) is 5.74. The van der Waals surface area contributed by atoms with E-state index >= 15 is 0 Å². The number of carbonyl (C=O) groups excluding carboxylic acids is 2. The van der Waals surface area contributed by atoms with E-state index in [0.717, 1.165) is 49.0 Å². The fourth-order valence-corrected chi connectivity index (χ4v) is 6.75. The molecule has 0 atom stereocenters. The van der Waals surface area contributed by atoms with Gasteiger partial charge in [0.15, 0.2) is 11.6 Å².